The number of halogens is 1. The standard InChI is InChI=1S/C22H21FN4O2S/c23-16-6-8-17(9-7-16)24-20(28)14-30-22-25-19-10-11-27(13-18(19)21(29)26-22)12-15-4-2-1-3-5-15/h1-9H,10-14H2,(H,24,28)(H,25,26,29). The SMILES string of the molecule is O=C(CSc1nc2c(c(=O)[nH]1)CN(Cc1ccccc1)CC2)Nc1ccc(F)cc1. The first-order valence-corrected chi connectivity index (χ1v) is 10.6. The highest BCUT2D eigenvalue weighted by molar-refractivity contribution is 7.99. The number of rotatable bonds is 6. The molecular formula is C22H21FN4O2S. The van der Waals surface area contributed by atoms with Crippen molar-refractivity contribution in [2.75, 3.05) is 17.6 Å². The first kappa shape index (κ1) is 20.3. The van der Waals surface area contributed by atoms with Gasteiger partial charge in [-0.1, -0.05) is 42.1 Å². The first-order chi connectivity index (χ1) is 14.6. The van der Waals surface area contributed by atoms with E-state index >= 15 is 0 Å². The maximum Gasteiger partial charge on any atom is 0.256 e. The third kappa shape index (κ3) is 5.14. The molecule has 0 aliphatic carbocycles. The summed E-state index contributed by atoms with van der Waals surface area (Å²) in [6.45, 7) is 2.18. The third-order valence-electron chi connectivity index (χ3n) is 4.84. The summed E-state index contributed by atoms with van der Waals surface area (Å²) in [6.07, 6.45) is 0.696. The van der Waals surface area contributed by atoms with Crippen LogP contribution in [0.25, 0.3) is 0 Å². The number of aromatic amines is 1. The van der Waals surface area contributed by atoms with Crippen LogP contribution in [0.2, 0.25) is 0 Å². The van der Waals surface area contributed by atoms with Crippen molar-refractivity contribution < 1.29 is 9.18 Å². The highest BCUT2D eigenvalue weighted by Gasteiger charge is 2.21. The van der Waals surface area contributed by atoms with Gasteiger partial charge >= 0.3 is 0 Å². The Morgan fingerprint density at radius 2 is 1.93 bits per heavy atom. The van der Waals surface area contributed by atoms with Gasteiger partial charge in [-0.15, -0.1) is 0 Å². The van der Waals surface area contributed by atoms with E-state index in [2.05, 4.69) is 32.3 Å². The van der Waals surface area contributed by atoms with E-state index in [9.17, 15) is 14.0 Å². The van der Waals surface area contributed by atoms with Gasteiger partial charge in [0.25, 0.3) is 5.56 Å². The molecule has 2 aromatic carbocycles. The Kier molecular flexibility index (Phi) is 6.25. The molecule has 154 valence electrons. The number of nitrogens with one attached hydrogen (secondary N) is 2. The van der Waals surface area contributed by atoms with E-state index < -0.39 is 0 Å². The summed E-state index contributed by atoms with van der Waals surface area (Å²) in [7, 11) is 0. The minimum Gasteiger partial charge on any atom is -0.325 e. The van der Waals surface area contributed by atoms with Crippen molar-refractivity contribution in [1.29, 1.82) is 0 Å². The van der Waals surface area contributed by atoms with Crippen molar-refractivity contribution in [2.45, 2.75) is 24.7 Å². The van der Waals surface area contributed by atoms with Crippen molar-refractivity contribution in [3.8, 4) is 0 Å². The number of hydrogen-bond acceptors (Lipinski definition) is 5. The van der Waals surface area contributed by atoms with Crippen LogP contribution in [0.4, 0.5) is 10.1 Å². The second-order valence-corrected chi connectivity index (χ2v) is 8.05. The van der Waals surface area contributed by atoms with E-state index in [4.69, 9.17) is 0 Å². The van der Waals surface area contributed by atoms with Gasteiger partial charge in [-0.2, -0.15) is 0 Å². The third-order valence-corrected chi connectivity index (χ3v) is 5.72. The van der Waals surface area contributed by atoms with Gasteiger partial charge in [-0.25, -0.2) is 9.37 Å². The molecule has 1 amide bonds. The number of benzene rings is 2. The minimum absolute atomic E-state index is 0.0965. The van der Waals surface area contributed by atoms with Crippen LogP contribution in [-0.4, -0.2) is 33.1 Å². The van der Waals surface area contributed by atoms with Crippen molar-refractivity contribution in [3.05, 3.63) is 87.6 Å². The Morgan fingerprint density at radius 1 is 1.17 bits per heavy atom. The zero-order valence-corrected chi connectivity index (χ0v) is 17.0. The van der Waals surface area contributed by atoms with Gasteiger partial charge in [0.2, 0.25) is 5.91 Å². The van der Waals surface area contributed by atoms with Crippen LogP contribution in [0.3, 0.4) is 0 Å². The maximum atomic E-state index is 12.9. The molecule has 0 radical (unpaired) electrons. The second-order valence-electron chi connectivity index (χ2n) is 7.09. The molecule has 0 bridgehead atoms. The van der Waals surface area contributed by atoms with E-state index in [1.54, 1.807) is 0 Å². The maximum absolute atomic E-state index is 12.9. The van der Waals surface area contributed by atoms with Crippen molar-refractivity contribution >= 4 is 23.4 Å². The Morgan fingerprint density at radius 3 is 2.70 bits per heavy atom. The zero-order valence-electron chi connectivity index (χ0n) is 16.2. The molecule has 1 aliphatic heterocycles. The van der Waals surface area contributed by atoms with Crippen LogP contribution in [-0.2, 0) is 24.3 Å². The molecule has 0 unspecified atom stereocenters. The quantitative estimate of drug-likeness (QED) is 0.469. The van der Waals surface area contributed by atoms with Crippen LogP contribution >= 0.6 is 11.8 Å². The molecule has 6 nitrogen and oxygen atoms in total. The van der Waals surface area contributed by atoms with Crippen LogP contribution in [0.1, 0.15) is 16.8 Å². The Labute approximate surface area is 177 Å². The number of anilines is 1. The largest absolute Gasteiger partial charge is 0.325 e. The van der Waals surface area contributed by atoms with E-state index in [0.29, 0.717) is 29.4 Å². The van der Waals surface area contributed by atoms with Gasteiger partial charge < -0.3 is 10.3 Å². The lowest BCUT2D eigenvalue weighted by atomic mass is 10.1. The molecule has 0 spiro atoms. The van der Waals surface area contributed by atoms with Gasteiger partial charge in [0.1, 0.15) is 5.82 Å². The van der Waals surface area contributed by atoms with Crippen LogP contribution in [0, 0.1) is 5.82 Å². The topological polar surface area (TPSA) is 78.1 Å². The van der Waals surface area contributed by atoms with Gasteiger partial charge in [0, 0.05) is 31.7 Å². The molecule has 2 N–H and O–H groups in total. The number of hydrogen-bond donors (Lipinski definition) is 2. The molecule has 4 rings (SSSR count). The number of carbonyl (C=O) groups excluding carboxylic acids is 1. The predicted octanol–water partition coefficient (Wildman–Crippen LogP) is 3.20. The molecule has 1 aromatic heterocycles. The molecule has 8 heteroatoms. The van der Waals surface area contributed by atoms with Gasteiger partial charge in [0.15, 0.2) is 5.16 Å². The highest BCUT2D eigenvalue weighted by Crippen LogP contribution is 2.20. The molecular weight excluding hydrogens is 403 g/mol. The molecule has 0 fully saturated rings. The summed E-state index contributed by atoms with van der Waals surface area (Å²) in [6, 6.07) is 15.7. The lowest BCUT2D eigenvalue weighted by Gasteiger charge is -2.27. The average Bonchev–Trinajstić information content (AvgIpc) is 2.75. The lowest BCUT2D eigenvalue weighted by molar-refractivity contribution is -0.113. The number of H-pyrrole nitrogens is 1. The summed E-state index contributed by atoms with van der Waals surface area (Å²) in [5, 5.41) is 3.13. The van der Waals surface area contributed by atoms with Gasteiger partial charge in [-0.3, -0.25) is 14.5 Å². The highest BCUT2D eigenvalue weighted by atomic mass is 32.2. The minimum atomic E-state index is -0.361. The number of carbonyl (C=O) groups is 1. The Bertz CT molecular complexity index is 1090. The number of fused-ring (bicyclic) bond motifs is 1. The summed E-state index contributed by atoms with van der Waals surface area (Å²) >= 11 is 1.17. The first-order valence-electron chi connectivity index (χ1n) is 9.63. The molecule has 2 heterocycles. The van der Waals surface area contributed by atoms with Crippen LogP contribution < -0.4 is 10.9 Å². The Balaban J connectivity index is 1.36. The Hall–Kier alpha value is -2.97. The smallest absolute Gasteiger partial charge is 0.256 e. The van der Waals surface area contributed by atoms with Crippen LogP contribution in [0.15, 0.2) is 64.5 Å². The fourth-order valence-electron chi connectivity index (χ4n) is 3.37. The van der Waals surface area contributed by atoms with Gasteiger partial charge in [0.05, 0.1) is 17.0 Å². The number of aromatic nitrogens is 2. The van der Waals surface area contributed by atoms with E-state index in [-0.39, 0.29) is 23.0 Å². The summed E-state index contributed by atoms with van der Waals surface area (Å²) in [5.74, 6) is -0.513. The second kappa shape index (κ2) is 9.23. The summed E-state index contributed by atoms with van der Waals surface area (Å²) < 4.78 is 12.9. The van der Waals surface area contributed by atoms with Crippen LogP contribution in [0.5, 0.6) is 0 Å². The number of thioether (sulfide) groups is 1. The summed E-state index contributed by atoms with van der Waals surface area (Å²) in [5.41, 5.74) is 3.07. The van der Waals surface area contributed by atoms with Crippen molar-refractivity contribution in [1.82, 2.24) is 14.9 Å². The van der Waals surface area contributed by atoms with Crippen molar-refractivity contribution in [3.63, 3.8) is 0 Å². The number of nitrogens with zero attached hydrogens (tertiary/aromatic N) is 2. The molecule has 0 saturated carbocycles. The van der Waals surface area contributed by atoms with Crippen molar-refractivity contribution in [2.24, 2.45) is 0 Å². The number of amides is 1. The average molecular weight is 425 g/mol. The fraction of sp³-hybridized carbons (Fsp3) is 0.227. The van der Waals surface area contributed by atoms with E-state index in [1.807, 2.05) is 18.2 Å². The van der Waals surface area contributed by atoms with E-state index in [0.717, 1.165) is 18.8 Å². The molecule has 0 atom stereocenters. The zero-order chi connectivity index (χ0) is 20.9. The molecule has 1 aliphatic rings. The normalized spacial score (nSPS) is 13.6. The molecule has 3 aromatic rings. The fourth-order valence-corrected chi connectivity index (χ4v) is 4.05. The lowest BCUT2D eigenvalue weighted by Crippen LogP contribution is -2.35. The van der Waals surface area contributed by atoms with E-state index in [1.165, 1.54) is 41.6 Å². The molecule has 30 heavy (non-hydrogen) atoms. The summed E-state index contributed by atoms with van der Waals surface area (Å²) in [4.78, 5) is 34.3. The molecule has 0 saturated heterocycles. The predicted molar refractivity (Wildman–Crippen MR) is 115 cm³/mol. The van der Waals surface area contributed by atoms with Gasteiger partial charge in [-0.05, 0) is 29.8 Å². The monoisotopic (exact) mass is 424 g/mol.